The lowest BCUT2D eigenvalue weighted by atomic mass is 10.0. The first-order chi connectivity index (χ1) is 9.49. The van der Waals surface area contributed by atoms with Crippen molar-refractivity contribution in [3.8, 4) is 0 Å². The van der Waals surface area contributed by atoms with Gasteiger partial charge < -0.3 is 10.4 Å². The van der Waals surface area contributed by atoms with Crippen molar-refractivity contribution in [2.75, 3.05) is 6.54 Å². The van der Waals surface area contributed by atoms with Crippen LogP contribution in [0.15, 0.2) is 18.2 Å². The summed E-state index contributed by atoms with van der Waals surface area (Å²) in [5, 5.41) is 23.3. The first kappa shape index (κ1) is 14.5. The van der Waals surface area contributed by atoms with E-state index >= 15 is 0 Å². The van der Waals surface area contributed by atoms with E-state index in [1.165, 1.54) is 25.0 Å². The van der Waals surface area contributed by atoms with Crippen LogP contribution in [0.4, 0.5) is 5.69 Å². The molecule has 1 aromatic carbocycles. The molecular formula is C14H18N2O4. The van der Waals surface area contributed by atoms with Crippen LogP contribution < -0.4 is 5.32 Å². The monoisotopic (exact) mass is 278 g/mol. The molecule has 1 saturated carbocycles. The Balaban J connectivity index is 2.12. The predicted octanol–water partition coefficient (Wildman–Crippen LogP) is 2.57. The molecule has 0 spiro atoms. The summed E-state index contributed by atoms with van der Waals surface area (Å²) in [5.74, 6) is -1.26. The van der Waals surface area contributed by atoms with Crippen molar-refractivity contribution < 1.29 is 14.8 Å². The summed E-state index contributed by atoms with van der Waals surface area (Å²) >= 11 is 0. The van der Waals surface area contributed by atoms with Crippen LogP contribution in [-0.2, 0) is 6.54 Å². The molecule has 6 heteroatoms. The highest BCUT2D eigenvalue weighted by Gasteiger charge is 2.39. The summed E-state index contributed by atoms with van der Waals surface area (Å²) < 4.78 is 0. The normalized spacial score (nSPS) is 15.8. The number of nitro benzene ring substituents is 1. The molecule has 2 N–H and O–H groups in total. The third kappa shape index (κ3) is 2.96. The van der Waals surface area contributed by atoms with Crippen LogP contribution in [0.25, 0.3) is 0 Å². The molecule has 1 aliphatic carbocycles. The molecule has 0 atom stereocenters. The molecule has 1 aromatic rings. The topological polar surface area (TPSA) is 92.5 Å². The number of benzene rings is 1. The van der Waals surface area contributed by atoms with Gasteiger partial charge in [0.2, 0.25) is 0 Å². The van der Waals surface area contributed by atoms with Gasteiger partial charge in [0.05, 0.1) is 4.92 Å². The number of hydrogen-bond acceptors (Lipinski definition) is 4. The molecule has 0 amide bonds. The number of nitrogens with zero attached hydrogens (tertiary/aromatic N) is 1. The van der Waals surface area contributed by atoms with Crippen LogP contribution in [0, 0.1) is 15.5 Å². The molecule has 0 radical (unpaired) electrons. The Kier molecular flexibility index (Phi) is 4.04. The molecule has 20 heavy (non-hydrogen) atoms. The maximum absolute atomic E-state index is 11.2. The van der Waals surface area contributed by atoms with Crippen LogP contribution in [0.5, 0.6) is 0 Å². The second-order valence-electron chi connectivity index (χ2n) is 5.33. The Morgan fingerprint density at radius 2 is 2.20 bits per heavy atom. The highest BCUT2D eigenvalue weighted by atomic mass is 16.6. The zero-order valence-corrected chi connectivity index (χ0v) is 11.4. The fourth-order valence-electron chi connectivity index (χ4n) is 2.43. The van der Waals surface area contributed by atoms with Crippen LogP contribution in [0.1, 0.15) is 42.1 Å². The van der Waals surface area contributed by atoms with Gasteiger partial charge in [0.1, 0.15) is 5.56 Å². The number of hydrogen-bond donors (Lipinski definition) is 2. The fourth-order valence-corrected chi connectivity index (χ4v) is 2.43. The Hall–Kier alpha value is -1.95. The second-order valence-corrected chi connectivity index (χ2v) is 5.33. The zero-order chi connectivity index (χ0) is 14.8. The first-order valence-corrected chi connectivity index (χ1v) is 6.69. The minimum Gasteiger partial charge on any atom is -0.477 e. The van der Waals surface area contributed by atoms with Crippen molar-refractivity contribution in [2.24, 2.45) is 5.41 Å². The predicted molar refractivity (Wildman–Crippen MR) is 73.7 cm³/mol. The van der Waals surface area contributed by atoms with E-state index < -0.39 is 10.9 Å². The van der Waals surface area contributed by atoms with Gasteiger partial charge in [-0.3, -0.25) is 10.1 Å². The van der Waals surface area contributed by atoms with Crippen molar-refractivity contribution in [2.45, 2.75) is 32.7 Å². The Morgan fingerprint density at radius 1 is 1.50 bits per heavy atom. The molecule has 2 rings (SSSR count). The zero-order valence-electron chi connectivity index (χ0n) is 11.4. The van der Waals surface area contributed by atoms with Crippen molar-refractivity contribution in [3.63, 3.8) is 0 Å². The molecule has 1 aliphatic rings. The Morgan fingerprint density at radius 3 is 2.70 bits per heavy atom. The minimum absolute atomic E-state index is 0.216. The number of rotatable bonds is 7. The highest BCUT2D eigenvalue weighted by molar-refractivity contribution is 5.94. The number of aromatic carboxylic acids is 1. The van der Waals surface area contributed by atoms with Gasteiger partial charge in [-0.2, -0.15) is 0 Å². The van der Waals surface area contributed by atoms with Crippen LogP contribution in [0.3, 0.4) is 0 Å². The van der Waals surface area contributed by atoms with Gasteiger partial charge in [-0.15, -0.1) is 0 Å². The van der Waals surface area contributed by atoms with E-state index in [1.807, 2.05) is 0 Å². The van der Waals surface area contributed by atoms with Gasteiger partial charge >= 0.3 is 5.97 Å². The summed E-state index contributed by atoms with van der Waals surface area (Å²) in [7, 11) is 0. The molecule has 6 nitrogen and oxygen atoms in total. The van der Waals surface area contributed by atoms with E-state index in [0.29, 0.717) is 17.5 Å². The lowest BCUT2D eigenvalue weighted by Crippen LogP contribution is -2.24. The van der Waals surface area contributed by atoms with E-state index in [-0.39, 0.29) is 11.3 Å². The minimum atomic E-state index is -1.26. The van der Waals surface area contributed by atoms with Crippen LogP contribution >= 0.6 is 0 Å². The van der Waals surface area contributed by atoms with Gasteiger partial charge in [0, 0.05) is 19.2 Å². The number of carboxylic acid groups (broad SMARTS) is 1. The number of carbonyl (C=O) groups is 1. The average Bonchev–Trinajstić information content (AvgIpc) is 3.18. The van der Waals surface area contributed by atoms with Gasteiger partial charge in [-0.25, -0.2) is 4.79 Å². The van der Waals surface area contributed by atoms with Gasteiger partial charge in [-0.05, 0) is 30.2 Å². The van der Waals surface area contributed by atoms with Crippen molar-refractivity contribution in [3.05, 3.63) is 39.4 Å². The molecule has 0 aromatic heterocycles. The number of carboxylic acids is 1. The Bertz CT molecular complexity index is 538. The molecule has 108 valence electrons. The molecule has 1 fully saturated rings. The van der Waals surface area contributed by atoms with Gasteiger partial charge in [0.25, 0.3) is 5.69 Å². The molecular weight excluding hydrogens is 260 g/mol. The van der Waals surface area contributed by atoms with E-state index in [9.17, 15) is 20.0 Å². The summed E-state index contributed by atoms with van der Waals surface area (Å²) in [6.45, 7) is 3.31. The van der Waals surface area contributed by atoms with E-state index in [1.54, 1.807) is 6.07 Å². The lowest BCUT2D eigenvalue weighted by Gasteiger charge is -2.14. The largest absolute Gasteiger partial charge is 0.477 e. The third-order valence-electron chi connectivity index (χ3n) is 4.06. The summed E-state index contributed by atoms with van der Waals surface area (Å²) in [5.41, 5.74) is 0.239. The van der Waals surface area contributed by atoms with Crippen LogP contribution in [-0.4, -0.2) is 22.5 Å². The van der Waals surface area contributed by atoms with E-state index in [0.717, 1.165) is 13.0 Å². The van der Waals surface area contributed by atoms with Crippen molar-refractivity contribution >= 4 is 11.7 Å². The number of nitrogens with one attached hydrogen (secondary N) is 1. The molecule has 0 aliphatic heterocycles. The smallest absolute Gasteiger partial charge is 0.343 e. The molecule has 0 bridgehead atoms. The van der Waals surface area contributed by atoms with Crippen molar-refractivity contribution in [1.82, 2.24) is 5.32 Å². The van der Waals surface area contributed by atoms with Crippen LogP contribution in [0.2, 0.25) is 0 Å². The van der Waals surface area contributed by atoms with Gasteiger partial charge in [-0.1, -0.05) is 19.1 Å². The fraction of sp³-hybridized carbons (Fsp3) is 0.500. The number of nitro groups is 1. The van der Waals surface area contributed by atoms with E-state index in [4.69, 9.17) is 0 Å². The van der Waals surface area contributed by atoms with Crippen molar-refractivity contribution in [1.29, 1.82) is 0 Å². The molecule has 0 saturated heterocycles. The summed E-state index contributed by atoms with van der Waals surface area (Å²) in [4.78, 5) is 21.5. The lowest BCUT2D eigenvalue weighted by molar-refractivity contribution is -0.385. The first-order valence-electron chi connectivity index (χ1n) is 6.69. The maximum Gasteiger partial charge on any atom is 0.343 e. The third-order valence-corrected chi connectivity index (χ3v) is 4.06. The molecule has 0 unspecified atom stereocenters. The quantitative estimate of drug-likeness (QED) is 0.590. The Labute approximate surface area is 117 Å². The summed E-state index contributed by atoms with van der Waals surface area (Å²) in [6.07, 6.45) is 3.48. The SMILES string of the molecule is CCC1(CNCc2cccc([N+](=O)[O-])c2C(=O)O)CC1. The highest BCUT2D eigenvalue weighted by Crippen LogP contribution is 2.47. The average molecular weight is 278 g/mol. The maximum atomic E-state index is 11.2. The second kappa shape index (κ2) is 5.58. The standard InChI is InChI=1S/C14H18N2O4/c1-2-14(6-7-14)9-15-8-10-4-3-5-11(16(19)20)12(10)13(17)18/h3-5,15H,2,6-9H2,1H3,(H,17,18). The van der Waals surface area contributed by atoms with Gasteiger partial charge in [0.15, 0.2) is 0 Å². The molecule has 0 heterocycles. The van der Waals surface area contributed by atoms with E-state index in [2.05, 4.69) is 12.2 Å². The summed E-state index contributed by atoms with van der Waals surface area (Å²) in [6, 6.07) is 4.37.